The summed E-state index contributed by atoms with van der Waals surface area (Å²) in [5.74, 6) is -0.0648. The summed E-state index contributed by atoms with van der Waals surface area (Å²) in [5, 5.41) is 2.94. The zero-order valence-corrected chi connectivity index (χ0v) is 14.2. The molecule has 2 nitrogen and oxygen atoms in total. The lowest BCUT2D eigenvalue weighted by Crippen LogP contribution is -2.26. The summed E-state index contributed by atoms with van der Waals surface area (Å²) in [7, 11) is 0. The molecule has 4 heteroatoms. The number of aryl methyl sites for hydroxylation is 1. The Kier molecular flexibility index (Phi) is 5.38. The molecule has 2 atom stereocenters. The second-order valence-corrected chi connectivity index (χ2v) is 6.49. The van der Waals surface area contributed by atoms with Gasteiger partial charge in [-0.05, 0) is 24.1 Å². The van der Waals surface area contributed by atoms with E-state index in [9.17, 15) is 4.79 Å². The molecule has 0 aliphatic carbocycles. The number of halogens is 2. The maximum Gasteiger partial charge on any atom is 0.239 e. The van der Waals surface area contributed by atoms with E-state index in [2.05, 4.69) is 37.2 Å². The summed E-state index contributed by atoms with van der Waals surface area (Å²) in [5.41, 5.74) is 2.95. The van der Waals surface area contributed by atoms with Crippen LogP contribution in [-0.4, -0.2) is 10.7 Å². The predicted molar refractivity (Wildman–Crippen MR) is 90.6 cm³/mol. The Morgan fingerprint density at radius 3 is 2.25 bits per heavy atom. The molecule has 0 unspecified atom stereocenters. The van der Waals surface area contributed by atoms with E-state index in [1.165, 1.54) is 0 Å². The Hall–Kier alpha value is -1.13. The smallest absolute Gasteiger partial charge is 0.239 e. The average molecular weight is 397 g/mol. The van der Waals surface area contributed by atoms with E-state index in [4.69, 9.17) is 0 Å². The molecule has 0 aliphatic heterocycles. The van der Waals surface area contributed by atoms with Gasteiger partial charge in [0.15, 0.2) is 0 Å². The number of anilines is 1. The van der Waals surface area contributed by atoms with Gasteiger partial charge < -0.3 is 5.32 Å². The molecule has 0 bridgehead atoms. The Bertz CT molecular complexity index is 586. The third kappa shape index (κ3) is 3.70. The lowest BCUT2D eigenvalue weighted by atomic mass is 10.1. The molecule has 0 aliphatic rings. The van der Waals surface area contributed by atoms with Gasteiger partial charge in [-0.2, -0.15) is 0 Å². The number of hydrogen-bond acceptors (Lipinski definition) is 1. The first-order valence-electron chi connectivity index (χ1n) is 6.29. The first kappa shape index (κ1) is 15.3. The molecule has 1 amide bonds. The van der Waals surface area contributed by atoms with Gasteiger partial charge in [0.1, 0.15) is 4.83 Å². The molecular formula is C16H15Br2NO. The highest BCUT2D eigenvalue weighted by atomic mass is 79.9. The van der Waals surface area contributed by atoms with E-state index in [-0.39, 0.29) is 15.6 Å². The fourth-order valence-corrected chi connectivity index (χ4v) is 2.82. The molecule has 0 saturated heterocycles. The molecule has 20 heavy (non-hydrogen) atoms. The monoisotopic (exact) mass is 395 g/mol. The lowest BCUT2D eigenvalue weighted by Gasteiger charge is -2.17. The van der Waals surface area contributed by atoms with Gasteiger partial charge in [-0.1, -0.05) is 80.4 Å². The number of para-hydroxylation sites is 1. The molecule has 0 radical (unpaired) electrons. The molecule has 0 saturated carbocycles. The van der Waals surface area contributed by atoms with Crippen molar-refractivity contribution in [2.24, 2.45) is 0 Å². The van der Waals surface area contributed by atoms with E-state index in [1.807, 2.05) is 61.5 Å². The number of carbonyl (C=O) groups excluding carboxylic acids is 1. The number of rotatable bonds is 4. The van der Waals surface area contributed by atoms with Crippen molar-refractivity contribution in [2.45, 2.75) is 16.6 Å². The number of carbonyl (C=O) groups is 1. The van der Waals surface area contributed by atoms with Crippen LogP contribution in [0, 0.1) is 6.92 Å². The fourth-order valence-electron chi connectivity index (χ4n) is 1.85. The van der Waals surface area contributed by atoms with E-state index >= 15 is 0 Å². The Labute approximate surface area is 135 Å². The van der Waals surface area contributed by atoms with Crippen LogP contribution in [-0.2, 0) is 4.79 Å². The van der Waals surface area contributed by atoms with Gasteiger partial charge in [0, 0.05) is 5.69 Å². The van der Waals surface area contributed by atoms with Crippen LogP contribution in [0.4, 0.5) is 5.69 Å². The van der Waals surface area contributed by atoms with Crippen LogP contribution in [0.5, 0.6) is 0 Å². The number of benzene rings is 2. The quantitative estimate of drug-likeness (QED) is 0.736. The fraction of sp³-hybridized carbons (Fsp3) is 0.188. The van der Waals surface area contributed by atoms with Crippen LogP contribution >= 0.6 is 31.9 Å². The van der Waals surface area contributed by atoms with Crippen molar-refractivity contribution in [3.8, 4) is 0 Å². The van der Waals surface area contributed by atoms with Gasteiger partial charge in [-0.15, -0.1) is 0 Å². The second kappa shape index (κ2) is 7.04. The summed E-state index contributed by atoms with van der Waals surface area (Å²) in [6, 6.07) is 17.6. The Morgan fingerprint density at radius 1 is 1.00 bits per heavy atom. The van der Waals surface area contributed by atoms with Gasteiger partial charge in [-0.3, -0.25) is 4.79 Å². The van der Waals surface area contributed by atoms with Gasteiger partial charge in [-0.25, -0.2) is 0 Å². The minimum atomic E-state index is -0.343. The topological polar surface area (TPSA) is 29.1 Å². The first-order chi connectivity index (χ1) is 9.59. The number of amides is 1. The maximum absolute atomic E-state index is 12.3. The highest BCUT2D eigenvalue weighted by Crippen LogP contribution is 2.32. The van der Waals surface area contributed by atoms with E-state index in [0.29, 0.717) is 0 Å². The maximum atomic E-state index is 12.3. The molecule has 0 fully saturated rings. The van der Waals surface area contributed by atoms with E-state index < -0.39 is 0 Å². The molecule has 2 aromatic rings. The molecule has 0 spiro atoms. The van der Waals surface area contributed by atoms with Gasteiger partial charge in [0.05, 0.1) is 4.83 Å². The number of hydrogen-bond donors (Lipinski definition) is 1. The summed E-state index contributed by atoms with van der Waals surface area (Å²) >= 11 is 7.04. The van der Waals surface area contributed by atoms with Crippen molar-refractivity contribution < 1.29 is 4.79 Å². The highest BCUT2D eigenvalue weighted by molar-refractivity contribution is 9.12. The van der Waals surface area contributed by atoms with Gasteiger partial charge >= 0.3 is 0 Å². The zero-order valence-electron chi connectivity index (χ0n) is 11.0. The molecule has 0 heterocycles. The Morgan fingerprint density at radius 2 is 1.60 bits per heavy atom. The lowest BCUT2D eigenvalue weighted by molar-refractivity contribution is -0.115. The standard InChI is InChI=1S/C16H15Br2NO/c1-11-7-5-6-10-13(11)19-16(20)15(18)14(17)12-8-3-2-4-9-12/h2-10,14-15H,1H3,(H,19,20)/t14-,15+/m1/s1. The molecule has 1 N–H and O–H groups in total. The van der Waals surface area contributed by atoms with Crippen LogP contribution in [0.15, 0.2) is 54.6 Å². The van der Waals surface area contributed by atoms with Crippen LogP contribution in [0.1, 0.15) is 16.0 Å². The van der Waals surface area contributed by atoms with Crippen molar-refractivity contribution in [1.82, 2.24) is 0 Å². The average Bonchev–Trinajstić information content (AvgIpc) is 2.49. The largest absolute Gasteiger partial charge is 0.325 e. The summed E-state index contributed by atoms with van der Waals surface area (Å²) in [6.45, 7) is 1.97. The molecule has 2 aromatic carbocycles. The number of nitrogens with one attached hydrogen (secondary N) is 1. The molecule has 0 aromatic heterocycles. The summed E-state index contributed by atoms with van der Waals surface area (Å²) < 4.78 is 0. The normalized spacial score (nSPS) is 13.6. The molecule has 2 rings (SSSR count). The number of alkyl halides is 2. The van der Waals surface area contributed by atoms with Crippen LogP contribution < -0.4 is 5.32 Å². The van der Waals surface area contributed by atoms with Crippen LogP contribution in [0.3, 0.4) is 0 Å². The first-order valence-corrected chi connectivity index (χ1v) is 8.12. The van der Waals surface area contributed by atoms with Crippen molar-refractivity contribution in [1.29, 1.82) is 0 Å². The molecular weight excluding hydrogens is 382 g/mol. The van der Waals surface area contributed by atoms with E-state index in [1.54, 1.807) is 0 Å². The Balaban J connectivity index is 2.08. The molecule has 104 valence electrons. The van der Waals surface area contributed by atoms with Crippen molar-refractivity contribution in [3.05, 3.63) is 65.7 Å². The minimum absolute atomic E-state index is 0.0648. The minimum Gasteiger partial charge on any atom is -0.325 e. The summed E-state index contributed by atoms with van der Waals surface area (Å²) in [6.07, 6.45) is 0. The third-order valence-electron chi connectivity index (χ3n) is 3.03. The van der Waals surface area contributed by atoms with Crippen molar-refractivity contribution in [3.63, 3.8) is 0 Å². The van der Waals surface area contributed by atoms with Crippen molar-refractivity contribution in [2.75, 3.05) is 5.32 Å². The predicted octanol–water partition coefficient (Wildman–Crippen LogP) is 4.83. The van der Waals surface area contributed by atoms with Gasteiger partial charge in [0.25, 0.3) is 0 Å². The van der Waals surface area contributed by atoms with Crippen LogP contribution in [0.25, 0.3) is 0 Å². The SMILES string of the molecule is Cc1ccccc1NC(=O)[C@@H](Br)[C@H](Br)c1ccccc1. The van der Waals surface area contributed by atoms with Crippen molar-refractivity contribution >= 4 is 43.5 Å². The van der Waals surface area contributed by atoms with E-state index in [0.717, 1.165) is 16.8 Å². The zero-order chi connectivity index (χ0) is 14.5. The van der Waals surface area contributed by atoms with Crippen LogP contribution in [0.2, 0.25) is 0 Å². The summed E-state index contributed by atoms with van der Waals surface area (Å²) in [4.78, 5) is 11.9. The highest BCUT2D eigenvalue weighted by Gasteiger charge is 2.25. The second-order valence-electron chi connectivity index (χ2n) is 4.52. The van der Waals surface area contributed by atoms with Gasteiger partial charge in [0.2, 0.25) is 5.91 Å². The third-order valence-corrected chi connectivity index (χ3v) is 5.74.